The van der Waals surface area contributed by atoms with Crippen LogP contribution in [0.4, 0.5) is 0 Å². The van der Waals surface area contributed by atoms with Gasteiger partial charge in [-0.05, 0) is 35.4 Å². The Morgan fingerprint density at radius 3 is 2.81 bits per heavy atom. The van der Waals surface area contributed by atoms with Gasteiger partial charge in [0.05, 0.1) is 19.8 Å². The Hall–Kier alpha value is -3.02. The Morgan fingerprint density at radius 2 is 1.97 bits per heavy atom. The van der Waals surface area contributed by atoms with Crippen LogP contribution in [0.25, 0.3) is 21.2 Å². The zero-order chi connectivity index (χ0) is 21.4. The van der Waals surface area contributed by atoms with Gasteiger partial charge in [-0.25, -0.2) is 0 Å². The van der Waals surface area contributed by atoms with Crippen LogP contribution in [0.2, 0.25) is 5.02 Å². The average molecular weight is 450 g/mol. The third kappa shape index (κ3) is 3.64. The summed E-state index contributed by atoms with van der Waals surface area (Å²) in [6.45, 7) is 0.574. The van der Waals surface area contributed by atoms with E-state index in [1.807, 2.05) is 66.7 Å². The molecule has 0 bridgehead atoms. The molecule has 4 aromatic rings. The fourth-order valence-corrected chi connectivity index (χ4v) is 5.45. The van der Waals surface area contributed by atoms with Crippen LogP contribution in [0.15, 0.2) is 66.7 Å². The molecule has 1 atom stereocenters. The first-order chi connectivity index (χ1) is 15.2. The first-order valence-corrected chi connectivity index (χ1v) is 11.2. The van der Waals surface area contributed by atoms with Gasteiger partial charge in [-0.1, -0.05) is 54.1 Å². The molecule has 0 saturated heterocycles. The number of amides is 1. The predicted octanol–water partition coefficient (Wildman–Crippen LogP) is 6.48. The molecule has 0 spiro atoms. The number of hydrogen-bond donors (Lipinski definition) is 1. The number of nitrogens with one attached hydrogen (secondary N) is 1. The van der Waals surface area contributed by atoms with E-state index < -0.39 is 0 Å². The Balaban J connectivity index is 1.55. The van der Waals surface area contributed by atoms with E-state index in [1.54, 1.807) is 7.11 Å². The van der Waals surface area contributed by atoms with Crippen LogP contribution in [-0.4, -0.2) is 19.6 Å². The summed E-state index contributed by atoms with van der Waals surface area (Å²) in [4.78, 5) is 13.9. The molecule has 6 heteroatoms. The van der Waals surface area contributed by atoms with Crippen LogP contribution in [0.1, 0.15) is 27.7 Å². The highest BCUT2D eigenvalue weighted by Crippen LogP contribution is 2.43. The van der Waals surface area contributed by atoms with Crippen LogP contribution in [0, 0.1) is 0 Å². The van der Waals surface area contributed by atoms with Crippen molar-refractivity contribution in [3.05, 3.63) is 82.2 Å². The number of carbonyl (C=O) groups is 1. The summed E-state index contributed by atoms with van der Waals surface area (Å²) >= 11 is 7.66. The highest BCUT2D eigenvalue weighted by molar-refractivity contribution is 7.21. The molecule has 0 saturated carbocycles. The van der Waals surface area contributed by atoms with E-state index in [4.69, 9.17) is 21.1 Å². The number of benzene rings is 3. The van der Waals surface area contributed by atoms with E-state index in [0.717, 1.165) is 38.9 Å². The van der Waals surface area contributed by atoms with Gasteiger partial charge in [0.1, 0.15) is 16.4 Å². The normalized spacial score (nSPS) is 15.2. The van der Waals surface area contributed by atoms with Gasteiger partial charge in [-0.3, -0.25) is 4.79 Å². The standard InChI is InChI=1S/C25H20ClNO3S/c1-29-22-19-10-5-9-17(15-6-4-7-16(26)14-15)23(19)31-24(22)25(28)27-20-12-13-30-21-11-3-2-8-18(20)21/h2-11,14,20H,12-13H2,1H3,(H,27,28). The van der Waals surface area contributed by atoms with Crippen molar-refractivity contribution in [3.63, 3.8) is 0 Å². The summed E-state index contributed by atoms with van der Waals surface area (Å²) in [5.41, 5.74) is 3.04. The number of fused-ring (bicyclic) bond motifs is 2. The average Bonchev–Trinajstić information content (AvgIpc) is 3.18. The summed E-state index contributed by atoms with van der Waals surface area (Å²) in [5.74, 6) is 1.28. The molecule has 1 aromatic heterocycles. The Bertz CT molecular complexity index is 1280. The Labute approximate surface area is 189 Å². The maximum absolute atomic E-state index is 13.3. The zero-order valence-corrected chi connectivity index (χ0v) is 18.4. The third-order valence-electron chi connectivity index (χ3n) is 5.48. The van der Waals surface area contributed by atoms with E-state index in [-0.39, 0.29) is 11.9 Å². The molecule has 1 unspecified atom stereocenters. The van der Waals surface area contributed by atoms with Crippen molar-refractivity contribution >= 4 is 38.9 Å². The monoisotopic (exact) mass is 449 g/mol. The molecule has 1 aliphatic heterocycles. The largest absolute Gasteiger partial charge is 0.494 e. The van der Waals surface area contributed by atoms with Crippen molar-refractivity contribution < 1.29 is 14.3 Å². The van der Waals surface area contributed by atoms with Crippen molar-refractivity contribution in [2.24, 2.45) is 0 Å². The molecule has 1 N–H and O–H groups in total. The number of halogens is 1. The van der Waals surface area contributed by atoms with E-state index in [1.165, 1.54) is 11.3 Å². The molecular weight excluding hydrogens is 430 g/mol. The summed E-state index contributed by atoms with van der Waals surface area (Å²) in [6, 6.07) is 21.5. The topological polar surface area (TPSA) is 47.6 Å². The SMILES string of the molecule is COc1c(C(=O)NC2CCOc3ccccc32)sc2c(-c3cccc(Cl)c3)cccc12. The molecule has 1 amide bonds. The molecule has 3 aromatic carbocycles. The number of methoxy groups -OCH3 is 1. The van der Waals surface area contributed by atoms with Gasteiger partial charge >= 0.3 is 0 Å². The van der Waals surface area contributed by atoms with E-state index in [0.29, 0.717) is 22.3 Å². The third-order valence-corrected chi connectivity index (χ3v) is 6.93. The second-order valence-electron chi connectivity index (χ2n) is 7.36. The molecular formula is C25H20ClNO3S. The summed E-state index contributed by atoms with van der Waals surface area (Å²) < 4.78 is 12.4. The number of para-hydroxylation sites is 1. The quantitative estimate of drug-likeness (QED) is 0.387. The van der Waals surface area contributed by atoms with Gasteiger partial charge in [0.15, 0.2) is 0 Å². The lowest BCUT2D eigenvalue weighted by molar-refractivity contribution is 0.0926. The highest BCUT2D eigenvalue weighted by Gasteiger charge is 2.27. The first-order valence-electron chi connectivity index (χ1n) is 10.0. The molecule has 4 nitrogen and oxygen atoms in total. The maximum atomic E-state index is 13.3. The molecule has 2 heterocycles. The Kier molecular flexibility index (Phi) is 5.30. The minimum atomic E-state index is -0.142. The molecule has 0 fully saturated rings. The van der Waals surface area contributed by atoms with Gasteiger partial charge in [-0.2, -0.15) is 0 Å². The molecule has 1 aliphatic rings. The number of thiophene rings is 1. The number of rotatable bonds is 4. The van der Waals surface area contributed by atoms with Crippen LogP contribution in [0.5, 0.6) is 11.5 Å². The summed E-state index contributed by atoms with van der Waals surface area (Å²) in [7, 11) is 1.61. The lowest BCUT2D eigenvalue weighted by Crippen LogP contribution is -2.31. The van der Waals surface area contributed by atoms with Crippen LogP contribution >= 0.6 is 22.9 Å². The minimum Gasteiger partial charge on any atom is -0.494 e. The van der Waals surface area contributed by atoms with Crippen LogP contribution in [-0.2, 0) is 0 Å². The molecule has 0 aliphatic carbocycles. The lowest BCUT2D eigenvalue weighted by Gasteiger charge is -2.26. The van der Waals surface area contributed by atoms with Crippen molar-refractivity contribution in [2.75, 3.05) is 13.7 Å². The number of ether oxygens (including phenoxy) is 2. The lowest BCUT2D eigenvalue weighted by atomic mass is 10.0. The zero-order valence-electron chi connectivity index (χ0n) is 16.9. The Morgan fingerprint density at radius 1 is 1.13 bits per heavy atom. The predicted molar refractivity (Wildman–Crippen MR) is 126 cm³/mol. The van der Waals surface area contributed by atoms with Gasteiger partial charge in [-0.15, -0.1) is 11.3 Å². The van der Waals surface area contributed by atoms with Crippen LogP contribution in [0.3, 0.4) is 0 Å². The molecule has 5 rings (SSSR count). The van der Waals surface area contributed by atoms with Gasteiger partial charge in [0.2, 0.25) is 0 Å². The number of hydrogen-bond acceptors (Lipinski definition) is 4. The van der Waals surface area contributed by atoms with Crippen molar-refractivity contribution in [2.45, 2.75) is 12.5 Å². The minimum absolute atomic E-state index is 0.0974. The van der Waals surface area contributed by atoms with Crippen molar-refractivity contribution in [1.82, 2.24) is 5.32 Å². The summed E-state index contributed by atoms with van der Waals surface area (Å²) in [5, 5.41) is 4.78. The van der Waals surface area contributed by atoms with Gasteiger partial charge < -0.3 is 14.8 Å². The first kappa shape index (κ1) is 19.9. The highest BCUT2D eigenvalue weighted by atomic mass is 35.5. The fourth-order valence-electron chi connectivity index (χ4n) is 4.05. The molecule has 31 heavy (non-hydrogen) atoms. The fraction of sp³-hybridized carbons (Fsp3) is 0.160. The number of carbonyl (C=O) groups excluding carboxylic acids is 1. The second kappa shape index (κ2) is 8.25. The smallest absolute Gasteiger partial charge is 0.265 e. The van der Waals surface area contributed by atoms with Gasteiger partial charge in [0, 0.05) is 27.1 Å². The van der Waals surface area contributed by atoms with E-state index in [9.17, 15) is 4.79 Å². The maximum Gasteiger partial charge on any atom is 0.265 e. The summed E-state index contributed by atoms with van der Waals surface area (Å²) in [6.07, 6.45) is 0.726. The van der Waals surface area contributed by atoms with Crippen LogP contribution < -0.4 is 14.8 Å². The van der Waals surface area contributed by atoms with E-state index >= 15 is 0 Å². The second-order valence-corrected chi connectivity index (χ2v) is 8.82. The van der Waals surface area contributed by atoms with Crippen molar-refractivity contribution in [3.8, 4) is 22.6 Å². The van der Waals surface area contributed by atoms with Crippen molar-refractivity contribution in [1.29, 1.82) is 0 Å². The molecule has 156 valence electrons. The van der Waals surface area contributed by atoms with Gasteiger partial charge in [0.25, 0.3) is 5.91 Å². The molecule has 0 radical (unpaired) electrons. The van der Waals surface area contributed by atoms with E-state index in [2.05, 4.69) is 5.32 Å².